The predicted molar refractivity (Wildman–Crippen MR) is 159 cm³/mol. The van der Waals surface area contributed by atoms with Gasteiger partial charge in [-0.25, -0.2) is 19.6 Å². The molecular weight excluding hydrogens is 599 g/mol. The van der Waals surface area contributed by atoms with Gasteiger partial charge in [0.05, 0.1) is 29.0 Å². The Balaban J connectivity index is 1.18. The van der Waals surface area contributed by atoms with E-state index in [1.807, 2.05) is 25.1 Å². The molecule has 1 saturated heterocycles. The number of nitrogens with zero attached hydrogens (tertiary/aromatic N) is 6. The van der Waals surface area contributed by atoms with Crippen LogP contribution in [-0.4, -0.2) is 54.4 Å². The Kier molecular flexibility index (Phi) is 9.06. The number of nitrogens with one attached hydrogen (secondary N) is 1. The van der Waals surface area contributed by atoms with E-state index < -0.39 is 12.7 Å². The van der Waals surface area contributed by atoms with Crippen LogP contribution in [0.2, 0.25) is 0 Å². The maximum absolute atomic E-state index is 12.8. The zero-order valence-corrected chi connectivity index (χ0v) is 24.6. The number of aliphatic hydroxyl groups is 1. The molecule has 0 aliphatic carbocycles. The normalized spacial score (nSPS) is 15.2. The van der Waals surface area contributed by atoms with Crippen molar-refractivity contribution in [2.24, 2.45) is 4.99 Å². The van der Waals surface area contributed by atoms with E-state index in [-0.39, 0.29) is 35.8 Å². The first-order valence-electron chi connectivity index (χ1n) is 13.4. The molecule has 11 nitrogen and oxygen atoms in total. The summed E-state index contributed by atoms with van der Waals surface area (Å²) in [6, 6.07) is 14.4. The second kappa shape index (κ2) is 12.9. The summed E-state index contributed by atoms with van der Waals surface area (Å²) in [4.78, 5) is 27.1. The molecule has 2 aromatic carbocycles. The highest BCUT2D eigenvalue weighted by Gasteiger charge is 2.33. The van der Waals surface area contributed by atoms with Crippen molar-refractivity contribution in [2.45, 2.75) is 46.0 Å². The van der Waals surface area contributed by atoms with E-state index in [9.17, 15) is 23.1 Å². The number of rotatable bonds is 10. The molecule has 0 bridgehead atoms. The zero-order valence-electron chi connectivity index (χ0n) is 23.8. The van der Waals surface area contributed by atoms with Gasteiger partial charge in [-0.3, -0.25) is 9.69 Å². The Hall–Kier alpha value is -4.63. The Morgan fingerprint density at radius 3 is 2.57 bits per heavy atom. The second-order valence-corrected chi connectivity index (χ2v) is 10.9. The number of amidine groups is 1. The number of hydrogen-bond donors (Lipinski definition) is 2. The van der Waals surface area contributed by atoms with Crippen LogP contribution in [0.1, 0.15) is 36.7 Å². The second-order valence-electron chi connectivity index (χ2n) is 9.99. The number of ether oxygens (including phenoxy) is 2. The molecule has 1 atom stereocenters. The van der Waals surface area contributed by atoms with Crippen molar-refractivity contribution in [1.29, 1.82) is 0 Å². The fourth-order valence-electron chi connectivity index (χ4n) is 4.29. The Morgan fingerprint density at radius 2 is 1.89 bits per heavy atom. The minimum Gasteiger partial charge on any atom is -0.469 e. The number of aliphatic imine (C=N–C) groups is 1. The monoisotopic (exact) mass is 627 g/mol. The number of aryl methyl sites for hydroxylation is 1. The number of halogens is 3. The maximum Gasteiger partial charge on any atom is 0.573 e. The number of carbonyl (C=O) groups is 1. The molecule has 0 spiro atoms. The van der Waals surface area contributed by atoms with Crippen LogP contribution in [0.5, 0.6) is 11.6 Å². The summed E-state index contributed by atoms with van der Waals surface area (Å²) in [6.07, 6.45) is -3.25. The number of carbonyl (C=O) groups excluding carboxylic acids is 1. The summed E-state index contributed by atoms with van der Waals surface area (Å²) in [5.74, 6) is 0.550. The summed E-state index contributed by atoms with van der Waals surface area (Å²) < 4.78 is 48.0. The molecule has 5 rings (SSSR count). The topological polar surface area (TPSA) is 127 Å². The van der Waals surface area contributed by atoms with Gasteiger partial charge >= 0.3 is 6.36 Å². The highest BCUT2D eigenvalue weighted by atomic mass is 32.2. The van der Waals surface area contributed by atoms with Crippen LogP contribution >= 0.6 is 11.8 Å². The molecule has 1 unspecified atom stereocenters. The van der Waals surface area contributed by atoms with E-state index in [2.05, 4.69) is 44.0 Å². The van der Waals surface area contributed by atoms with Crippen molar-refractivity contribution in [3.05, 3.63) is 84.1 Å². The van der Waals surface area contributed by atoms with Crippen molar-refractivity contribution in [3.63, 3.8) is 0 Å². The van der Waals surface area contributed by atoms with Crippen molar-refractivity contribution in [1.82, 2.24) is 19.7 Å². The van der Waals surface area contributed by atoms with E-state index in [0.29, 0.717) is 22.4 Å². The first kappa shape index (κ1) is 30.8. The quantitative estimate of drug-likeness (QED) is 0.222. The molecule has 230 valence electrons. The largest absolute Gasteiger partial charge is 0.573 e. The minimum absolute atomic E-state index is 0.0171. The van der Waals surface area contributed by atoms with Gasteiger partial charge in [-0.2, -0.15) is 0 Å². The summed E-state index contributed by atoms with van der Waals surface area (Å²) in [5, 5.41) is 18.1. The van der Waals surface area contributed by atoms with Crippen molar-refractivity contribution in [2.75, 3.05) is 16.0 Å². The lowest BCUT2D eigenvalue weighted by molar-refractivity contribution is -0.274. The van der Waals surface area contributed by atoms with Crippen LogP contribution in [0.3, 0.4) is 0 Å². The third-order valence-electron chi connectivity index (χ3n) is 6.30. The average molecular weight is 628 g/mol. The van der Waals surface area contributed by atoms with Gasteiger partial charge in [0.2, 0.25) is 18.1 Å². The van der Waals surface area contributed by atoms with Crippen LogP contribution in [0.15, 0.2) is 72.1 Å². The van der Waals surface area contributed by atoms with E-state index in [0.717, 1.165) is 16.8 Å². The van der Waals surface area contributed by atoms with Gasteiger partial charge in [0, 0.05) is 6.07 Å². The van der Waals surface area contributed by atoms with Crippen LogP contribution in [-0.2, 0) is 11.4 Å². The number of amides is 1. The predicted octanol–water partition coefficient (Wildman–Crippen LogP) is 5.40. The first-order valence-corrected chi connectivity index (χ1v) is 14.4. The number of benzene rings is 2. The number of anilines is 2. The molecule has 1 amide bonds. The summed E-state index contributed by atoms with van der Waals surface area (Å²) in [7, 11) is 0. The Bertz CT molecular complexity index is 1640. The number of pyridine rings is 1. The number of hydrogen-bond acceptors (Lipinski definition) is 10. The van der Waals surface area contributed by atoms with Crippen LogP contribution < -0.4 is 19.7 Å². The molecule has 1 fully saturated rings. The van der Waals surface area contributed by atoms with Gasteiger partial charge in [-0.15, -0.1) is 18.3 Å². The third kappa shape index (κ3) is 7.65. The average Bonchev–Trinajstić information content (AvgIpc) is 3.58. The molecule has 15 heteroatoms. The molecule has 1 aliphatic rings. The van der Waals surface area contributed by atoms with E-state index in [1.165, 1.54) is 53.2 Å². The smallest absolute Gasteiger partial charge is 0.469 e. The summed E-state index contributed by atoms with van der Waals surface area (Å²) in [5.41, 5.74) is 3.73. The molecule has 1 aliphatic heterocycles. The van der Waals surface area contributed by atoms with Gasteiger partial charge < -0.3 is 19.9 Å². The SMILES string of the molecule is Cc1ccc(C(C)C)c(N2C(=O)CS/C2=N\C(O)Nc2ccc(OCc3ncn(-c4ccc(OC(F)(F)F)cc4)n3)nc2)c1. The van der Waals surface area contributed by atoms with Crippen LogP contribution in [0, 0.1) is 6.92 Å². The zero-order chi connectivity index (χ0) is 31.4. The minimum atomic E-state index is -4.77. The molecule has 2 aromatic heterocycles. The van der Waals surface area contributed by atoms with Crippen molar-refractivity contribution < 1.29 is 32.5 Å². The van der Waals surface area contributed by atoms with Gasteiger partial charge in [-0.1, -0.05) is 37.7 Å². The lowest BCUT2D eigenvalue weighted by Crippen LogP contribution is -2.32. The standard InChI is InChI=1S/C29H28F3N7O4S/c1-17(2)22-10-4-18(3)12-23(22)39-26(40)15-44-28(39)36-27(41)35-19-5-11-25(33-13-19)42-14-24-34-16-38(37-24)20-6-8-21(9-7-20)43-29(30,31)32/h4-13,16-17,27,35,41H,14-15H2,1-3H3/b36-28-. The van der Waals surface area contributed by atoms with Crippen LogP contribution in [0.4, 0.5) is 24.5 Å². The maximum atomic E-state index is 12.8. The molecule has 0 saturated carbocycles. The highest BCUT2D eigenvalue weighted by molar-refractivity contribution is 8.15. The number of aromatic nitrogens is 4. The van der Waals surface area contributed by atoms with Crippen molar-refractivity contribution >= 4 is 34.2 Å². The van der Waals surface area contributed by atoms with Gasteiger partial charge in [0.15, 0.2) is 17.6 Å². The lowest BCUT2D eigenvalue weighted by Gasteiger charge is -2.23. The Morgan fingerprint density at radius 1 is 1.11 bits per heavy atom. The van der Waals surface area contributed by atoms with Gasteiger partial charge in [0.25, 0.3) is 0 Å². The summed E-state index contributed by atoms with van der Waals surface area (Å²) >= 11 is 1.26. The van der Waals surface area contributed by atoms with Gasteiger partial charge in [0.1, 0.15) is 12.1 Å². The fraction of sp³-hybridized carbons (Fsp3) is 0.276. The van der Waals surface area contributed by atoms with Gasteiger partial charge in [-0.05, 0) is 60.4 Å². The van der Waals surface area contributed by atoms with E-state index in [1.54, 1.807) is 17.0 Å². The third-order valence-corrected chi connectivity index (χ3v) is 7.24. The van der Waals surface area contributed by atoms with E-state index in [4.69, 9.17) is 4.74 Å². The van der Waals surface area contributed by atoms with Crippen molar-refractivity contribution in [3.8, 4) is 17.3 Å². The number of alkyl halides is 3. The number of thioether (sulfide) groups is 1. The van der Waals surface area contributed by atoms with Crippen LogP contribution in [0.25, 0.3) is 5.69 Å². The first-order chi connectivity index (χ1) is 20.9. The Labute approximate surface area is 254 Å². The molecule has 0 radical (unpaired) electrons. The molecule has 2 N–H and O–H groups in total. The molecular formula is C29H28F3N7O4S. The lowest BCUT2D eigenvalue weighted by atomic mass is 9.99. The highest BCUT2D eigenvalue weighted by Crippen LogP contribution is 2.34. The molecule has 3 heterocycles. The molecule has 4 aromatic rings. The fourth-order valence-corrected chi connectivity index (χ4v) is 5.18. The van der Waals surface area contributed by atoms with E-state index >= 15 is 0 Å². The number of aliphatic hydroxyl groups excluding tert-OH is 1. The summed E-state index contributed by atoms with van der Waals surface area (Å²) in [6.45, 7) is 6.06. The molecule has 44 heavy (non-hydrogen) atoms.